The second kappa shape index (κ2) is 61.3. The molecule has 0 aromatic heterocycles. The fourth-order valence-corrected chi connectivity index (χ4v) is 11.6. The quantitative estimate of drug-likeness (QED) is 0.0204. The van der Waals surface area contributed by atoms with Crippen LogP contribution >= 0.6 is 0 Å². The molecular formula is C78H135NO13. The number of nitrogens with one attached hydrogen (secondary N) is 1. The predicted molar refractivity (Wildman–Crippen MR) is 378 cm³/mol. The molecule has 0 spiro atoms. The maximum absolute atomic E-state index is 13.3. The number of ether oxygens (including phenoxy) is 4. The smallest absolute Gasteiger partial charge is 0.220 e. The highest BCUT2D eigenvalue weighted by Crippen LogP contribution is 2.30. The number of rotatable bonds is 60. The van der Waals surface area contributed by atoms with Crippen molar-refractivity contribution in [1.82, 2.24) is 5.32 Å². The van der Waals surface area contributed by atoms with Crippen LogP contribution in [0.4, 0.5) is 0 Å². The molecule has 12 unspecified atom stereocenters. The molecule has 0 bridgehead atoms. The molecule has 2 heterocycles. The number of unbranched alkanes of at least 4 members (excludes halogenated alkanes) is 31. The Morgan fingerprint density at radius 1 is 0.402 bits per heavy atom. The van der Waals surface area contributed by atoms with Crippen molar-refractivity contribution in [2.45, 2.75) is 357 Å². The van der Waals surface area contributed by atoms with Crippen LogP contribution < -0.4 is 5.32 Å². The number of aliphatic hydroxyl groups is 8. The summed E-state index contributed by atoms with van der Waals surface area (Å²) in [5, 5.41) is 87.5. The van der Waals surface area contributed by atoms with Crippen molar-refractivity contribution >= 4 is 5.91 Å². The molecule has 0 aromatic rings. The van der Waals surface area contributed by atoms with Crippen LogP contribution in [0.3, 0.4) is 0 Å². The SMILES string of the molecule is CC/C=C\C/C=C\C/C=C\C/C=C\C/C=C\C/C=C\C/C=C\CCCCCCCC(=O)NC(COC1OC(CO)C(OC2OC(CO)C(O)C(O)C2O)C(O)C1O)C(O)/C=C/CC/C=C/CCCCCCCCCCCCCCCCCCCCCCCCCCC. The molecule has 2 aliphatic rings. The van der Waals surface area contributed by atoms with Crippen molar-refractivity contribution in [2.75, 3.05) is 19.8 Å². The van der Waals surface area contributed by atoms with E-state index >= 15 is 0 Å². The van der Waals surface area contributed by atoms with Gasteiger partial charge in [-0.2, -0.15) is 0 Å². The van der Waals surface area contributed by atoms with Gasteiger partial charge in [0.1, 0.15) is 48.8 Å². The van der Waals surface area contributed by atoms with Crippen LogP contribution in [0.2, 0.25) is 0 Å². The first-order chi connectivity index (χ1) is 45.1. The maximum Gasteiger partial charge on any atom is 0.220 e. The highest BCUT2D eigenvalue weighted by molar-refractivity contribution is 5.76. The summed E-state index contributed by atoms with van der Waals surface area (Å²) >= 11 is 0. The van der Waals surface area contributed by atoms with E-state index in [0.717, 1.165) is 89.9 Å². The third-order valence-corrected chi connectivity index (χ3v) is 17.4. The number of hydrogen-bond acceptors (Lipinski definition) is 13. The largest absolute Gasteiger partial charge is 0.394 e. The average Bonchev–Trinajstić information content (AvgIpc) is 0.882. The van der Waals surface area contributed by atoms with Crippen LogP contribution in [-0.2, 0) is 23.7 Å². The normalized spacial score (nSPS) is 23.3. The summed E-state index contributed by atoms with van der Waals surface area (Å²) in [6, 6.07) is -0.953. The first kappa shape index (κ1) is 84.7. The molecule has 12 atom stereocenters. The standard InChI is InChI=1S/C78H135NO13/c1-3-5-7-9-11-13-15-17-19-21-23-25-27-29-31-32-33-34-36-37-39-41-43-45-47-49-51-53-55-57-59-61-67(82)66(65-89-77-75(88)73(86)76(69(64-81)91-77)92-78-74(87)72(85)71(84)68(63-80)90-78)79-70(83)62-60-58-56-54-52-50-48-46-44-42-40-38-35-30-28-26-24-22-20-18-16-14-12-10-8-6-4-2/h6,8,12,14,18,20,24,26,30,35,40,42,46,48,51,53,59,61,66-69,71-78,80-82,84-88H,3-5,7,9-11,13,15-17,19,21-23,25,27-29,31-34,36-39,41,43-45,47,49-50,52,54-58,60,62-65H2,1-2H3,(H,79,83)/b8-6-,14-12-,20-18-,26-24-,35-30-,42-40-,48-46-,53-51+,61-59+. The second-order valence-electron chi connectivity index (χ2n) is 25.7. The van der Waals surface area contributed by atoms with Gasteiger partial charge < -0.3 is 65.1 Å². The van der Waals surface area contributed by atoms with E-state index in [1.54, 1.807) is 6.08 Å². The third-order valence-electron chi connectivity index (χ3n) is 17.4. The molecule has 0 saturated carbocycles. The summed E-state index contributed by atoms with van der Waals surface area (Å²) in [7, 11) is 0. The molecule has 0 radical (unpaired) electrons. The lowest BCUT2D eigenvalue weighted by Gasteiger charge is -2.46. The minimum Gasteiger partial charge on any atom is -0.394 e. The van der Waals surface area contributed by atoms with Crippen LogP contribution in [0.25, 0.3) is 0 Å². The van der Waals surface area contributed by atoms with Gasteiger partial charge in [0.2, 0.25) is 5.91 Å². The molecule has 2 saturated heterocycles. The number of carbonyl (C=O) groups excluding carboxylic acids is 1. The van der Waals surface area contributed by atoms with Gasteiger partial charge in [0.25, 0.3) is 0 Å². The number of amides is 1. The lowest BCUT2D eigenvalue weighted by Crippen LogP contribution is -2.65. The lowest BCUT2D eigenvalue weighted by atomic mass is 9.97. The summed E-state index contributed by atoms with van der Waals surface area (Å²) in [6.45, 7) is 2.68. The van der Waals surface area contributed by atoms with E-state index < -0.39 is 86.8 Å². The molecule has 0 aromatic carbocycles. The number of carbonyl (C=O) groups is 1. The maximum atomic E-state index is 13.3. The summed E-state index contributed by atoms with van der Waals surface area (Å²) in [6.07, 6.45) is 71.5. The Bertz CT molecular complexity index is 1960. The lowest BCUT2D eigenvalue weighted by molar-refractivity contribution is -0.359. The molecule has 2 fully saturated rings. The van der Waals surface area contributed by atoms with Crippen LogP contribution in [0, 0.1) is 0 Å². The topological polar surface area (TPSA) is 228 Å². The molecule has 530 valence electrons. The Hall–Kier alpha value is -3.35. The number of allylic oxidation sites excluding steroid dienone is 17. The van der Waals surface area contributed by atoms with E-state index in [1.807, 2.05) is 6.08 Å². The molecule has 14 nitrogen and oxygen atoms in total. The van der Waals surface area contributed by atoms with Crippen LogP contribution in [0.1, 0.15) is 284 Å². The first-order valence-corrected chi connectivity index (χ1v) is 37.1. The molecule has 1 amide bonds. The van der Waals surface area contributed by atoms with E-state index in [0.29, 0.717) is 12.8 Å². The third kappa shape index (κ3) is 44.4. The van der Waals surface area contributed by atoms with Gasteiger partial charge in [-0.05, 0) is 89.9 Å². The summed E-state index contributed by atoms with van der Waals surface area (Å²) in [4.78, 5) is 13.3. The fourth-order valence-electron chi connectivity index (χ4n) is 11.6. The monoisotopic (exact) mass is 1290 g/mol. The summed E-state index contributed by atoms with van der Waals surface area (Å²) < 4.78 is 22.8. The van der Waals surface area contributed by atoms with E-state index in [-0.39, 0.29) is 18.9 Å². The molecule has 92 heavy (non-hydrogen) atoms. The average molecular weight is 1290 g/mol. The molecule has 2 rings (SSSR count). The molecule has 0 aliphatic carbocycles. The molecular weight excluding hydrogens is 1160 g/mol. The van der Waals surface area contributed by atoms with Gasteiger partial charge in [-0.1, -0.05) is 297 Å². The highest BCUT2D eigenvalue weighted by Gasteiger charge is 2.51. The number of hydrogen-bond donors (Lipinski definition) is 9. The van der Waals surface area contributed by atoms with Crippen LogP contribution in [0.5, 0.6) is 0 Å². The van der Waals surface area contributed by atoms with Crippen molar-refractivity contribution in [3.05, 3.63) is 109 Å². The van der Waals surface area contributed by atoms with Crippen LogP contribution in [0.15, 0.2) is 109 Å². The Morgan fingerprint density at radius 3 is 1.20 bits per heavy atom. The van der Waals surface area contributed by atoms with Gasteiger partial charge in [0.05, 0.1) is 32.0 Å². The van der Waals surface area contributed by atoms with Gasteiger partial charge in [-0.25, -0.2) is 0 Å². The zero-order valence-electron chi connectivity index (χ0n) is 57.8. The van der Waals surface area contributed by atoms with Crippen molar-refractivity contribution in [3.63, 3.8) is 0 Å². The highest BCUT2D eigenvalue weighted by atomic mass is 16.7. The van der Waals surface area contributed by atoms with Gasteiger partial charge in [-0.15, -0.1) is 0 Å². The van der Waals surface area contributed by atoms with E-state index in [4.69, 9.17) is 18.9 Å². The van der Waals surface area contributed by atoms with Crippen molar-refractivity contribution < 1.29 is 64.6 Å². The fraction of sp³-hybridized carbons (Fsp3) is 0.756. The van der Waals surface area contributed by atoms with Crippen LogP contribution in [-0.4, -0.2) is 140 Å². The second-order valence-corrected chi connectivity index (χ2v) is 25.7. The molecule has 2 aliphatic heterocycles. The first-order valence-electron chi connectivity index (χ1n) is 37.1. The minimum absolute atomic E-state index is 0.244. The van der Waals surface area contributed by atoms with Crippen molar-refractivity contribution in [2.24, 2.45) is 0 Å². The van der Waals surface area contributed by atoms with E-state index in [9.17, 15) is 45.6 Å². The van der Waals surface area contributed by atoms with E-state index in [1.165, 1.54) is 161 Å². The summed E-state index contributed by atoms with van der Waals surface area (Å²) in [5.74, 6) is -0.270. The molecule has 14 heteroatoms. The van der Waals surface area contributed by atoms with Gasteiger partial charge in [0.15, 0.2) is 12.6 Å². The minimum atomic E-state index is -1.80. The zero-order chi connectivity index (χ0) is 66.6. The van der Waals surface area contributed by atoms with Gasteiger partial charge in [0, 0.05) is 6.42 Å². The van der Waals surface area contributed by atoms with E-state index in [2.05, 4.69) is 116 Å². The molecule has 9 N–H and O–H groups in total. The Kier molecular flexibility index (Phi) is 56.4. The van der Waals surface area contributed by atoms with Crippen molar-refractivity contribution in [3.8, 4) is 0 Å². The van der Waals surface area contributed by atoms with Gasteiger partial charge in [-0.3, -0.25) is 4.79 Å². The Morgan fingerprint density at radius 2 is 0.761 bits per heavy atom. The van der Waals surface area contributed by atoms with Crippen molar-refractivity contribution in [1.29, 1.82) is 0 Å². The Balaban J connectivity index is 1.69. The van der Waals surface area contributed by atoms with Gasteiger partial charge >= 0.3 is 0 Å². The Labute approximate surface area is 559 Å². The zero-order valence-corrected chi connectivity index (χ0v) is 57.8. The predicted octanol–water partition coefficient (Wildman–Crippen LogP) is 15.9. The number of aliphatic hydroxyl groups excluding tert-OH is 8. The summed E-state index contributed by atoms with van der Waals surface area (Å²) in [5.41, 5.74) is 0.